The maximum Gasteiger partial charge on any atom is 0.355 e. The number of methoxy groups -OCH3 is 3. The van der Waals surface area contributed by atoms with E-state index in [4.69, 9.17) is 52.4 Å². The highest BCUT2D eigenvalue weighted by Gasteiger charge is 2.55. The largest absolute Gasteiger partial charge is 0.493 e. The van der Waals surface area contributed by atoms with Crippen molar-refractivity contribution in [3.8, 4) is 45.9 Å². The van der Waals surface area contributed by atoms with Gasteiger partial charge in [0.25, 0.3) is 5.56 Å². The van der Waals surface area contributed by atoms with Gasteiger partial charge in [0.1, 0.15) is 18.5 Å². The Balaban J connectivity index is 0.825. The van der Waals surface area contributed by atoms with Crippen molar-refractivity contribution < 1.29 is 66.5 Å². The highest BCUT2D eigenvalue weighted by Crippen LogP contribution is 2.57. The lowest BCUT2D eigenvalue weighted by Gasteiger charge is -2.38. The Hall–Kier alpha value is -8.08. The molecule has 17 heteroatoms. The summed E-state index contributed by atoms with van der Waals surface area (Å²) in [5, 5.41) is 0.933. The van der Waals surface area contributed by atoms with E-state index in [-0.39, 0.29) is 54.4 Å². The van der Waals surface area contributed by atoms with Crippen molar-refractivity contribution in [2.75, 3.05) is 41.3 Å². The summed E-state index contributed by atoms with van der Waals surface area (Å²) in [7, 11) is 4.52. The van der Waals surface area contributed by atoms with Gasteiger partial charge in [-0.15, -0.1) is 0 Å². The number of hydrogen-bond donors (Lipinski definition) is 0. The molecule has 0 spiro atoms. The number of nitrogens with zero attached hydrogens (tertiary/aromatic N) is 2. The molecule has 6 heterocycles. The smallest absolute Gasteiger partial charge is 0.355 e. The minimum atomic E-state index is -1.92. The standard InChI is InChI=1S/C51H42N2O15/c1-5-51(34-19-36-44-28(14-26-8-6-7-9-35(26)52-44)20-53(36)47(55)32(34)21-64-50(51)58)68-41(54)23-62-29-12-10-25(11-13-29)48(56)67-45-31-18-38-37(65-24-66-38)17-30(31)42(43-33(45)22-63-49(43)57)27-15-39(59-2)46(61-4)40(16-27)60-3/h6-19,33,42-43,45H,5,20-24H2,1-4H3/t33?,42-,43+,45?,51+/m1/s1. The molecule has 68 heavy (non-hydrogen) atoms. The Kier molecular flexibility index (Phi) is 10.2. The molecule has 1 aliphatic carbocycles. The third kappa shape index (κ3) is 6.66. The number of hydrogen-bond acceptors (Lipinski definition) is 16. The van der Waals surface area contributed by atoms with Gasteiger partial charge in [-0.25, -0.2) is 19.4 Å². The Morgan fingerprint density at radius 3 is 2.29 bits per heavy atom. The summed E-state index contributed by atoms with van der Waals surface area (Å²) in [4.78, 5) is 73.6. The first-order valence-corrected chi connectivity index (χ1v) is 21.9. The molecule has 0 saturated carbocycles. The predicted octanol–water partition coefficient (Wildman–Crippen LogP) is 6.30. The lowest BCUT2D eigenvalue weighted by atomic mass is 9.66. The zero-order chi connectivity index (χ0) is 47.0. The average Bonchev–Trinajstić information content (AvgIpc) is 4.09. The van der Waals surface area contributed by atoms with Crippen LogP contribution in [0, 0.1) is 11.8 Å². The molecule has 2 aromatic heterocycles. The van der Waals surface area contributed by atoms with Crippen LogP contribution in [0.5, 0.6) is 34.5 Å². The van der Waals surface area contributed by atoms with Gasteiger partial charge in [0.05, 0.1) is 68.4 Å². The molecule has 5 atom stereocenters. The van der Waals surface area contributed by atoms with Crippen LogP contribution in [0.4, 0.5) is 0 Å². The van der Waals surface area contributed by atoms with E-state index in [1.54, 1.807) is 41.8 Å². The molecule has 1 fully saturated rings. The molecule has 5 aliphatic rings. The van der Waals surface area contributed by atoms with Crippen LogP contribution < -0.4 is 34.0 Å². The Bertz CT molecular complexity index is 3160. The van der Waals surface area contributed by atoms with Crippen molar-refractivity contribution in [3.63, 3.8) is 0 Å². The van der Waals surface area contributed by atoms with Crippen molar-refractivity contribution in [1.29, 1.82) is 0 Å². The van der Waals surface area contributed by atoms with Crippen LogP contribution in [0.1, 0.15) is 69.1 Å². The second-order valence-corrected chi connectivity index (χ2v) is 17.0. The van der Waals surface area contributed by atoms with Gasteiger partial charge in [0.2, 0.25) is 18.1 Å². The van der Waals surface area contributed by atoms with Crippen molar-refractivity contribution in [2.24, 2.45) is 11.8 Å². The third-order valence-electron chi connectivity index (χ3n) is 13.5. The molecule has 2 unspecified atom stereocenters. The van der Waals surface area contributed by atoms with Crippen LogP contribution in [0.25, 0.3) is 22.3 Å². The molecule has 1 saturated heterocycles. The van der Waals surface area contributed by atoms with Gasteiger partial charge in [0, 0.05) is 33.9 Å². The molecule has 0 bridgehead atoms. The Morgan fingerprint density at radius 2 is 1.57 bits per heavy atom. The van der Waals surface area contributed by atoms with Crippen LogP contribution in [0.3, 0.4) is 0 Å². The predicted molar refractivity (Wildman–Crippen MR) is 237 cm³/mol. The van der Waals surface area contributed by atoms with Gasteiger partial charge < -0.3 is 51.9 Å². The number of benzene rings is 4. The monoisotopic (exact) mass is 922 g/mol. The lowest BCUT2D eigenvalue weighted by molar-refractivity contribution is -0.190. The molecule has 17 nitrogen and oxygen atoms in total. The summed E-state index contributed by atoms with van der Waals surface area (Å²) in [6.45, 7) is 1.05. The summed E-state index contributed by atoms with van der Waals surface area (Å²) >= 11 is 0. The SMILES string of the molecule is CC[C@@]1(OC(=O)COc2ccc(C(=O)OC3c4cc5c(cc4[C@@H](c4cc(OC)c(OC)c(OC)c4)[C@H]4C(=O)OCC34)OCO5)cc2)C(=O)OCc2c1cc1n(c2=O)Cc2cc3ccccc3nc2-1. The molecule has 0 amide bonds. The fourth-order valence-corrected chi connectivity index (χ4v) is 10.3. The van der Waals surface area contributed by atoms with E-state index in [1.165, 1.54) is 45.6 Å². The van der Waals surface area contributed by atoms with Crippen LogP contribution in [-0.4, -0.2) is 74.8 Å². The van der Waals surface area contributed by atoms with E-state index >= 15 is 0 Å². The maximum absolute atomic E-state index is 14.0. The number of carbonyl (C=O) groups excluding carboxylic acids is 4. The van der Waals surface area contributed by atoms with Crippen molar-refractivity contribution in [2.45, 2.75) is 44.1 Å². The van der Waals surface area contributed by atoms with Crippen molar-refractivity contribution in [3.05, 3.63) is 134 Å². The Labute approximate surface area is 387 Å². The molecule has 346 valence electrons. The maximum atomic E-state index is 14.0. The average molecular weight is 923 g/mol. The first-order valence-electron chi connectivity index (χ1n) is 21.9. The van der Waals surface area contributed by atoms with Gasteiger partial charge in [-0.1, -0.05) is 25.1 Å². The highest BCUT2D eigenvalue weighted by atomic mass is 16.7. The topological polar surface area (TPSA) is 195 Å². The number of carbonyl (C=O) groups is 4. The van der Waals surface area contributed by atoms with Crippen LogP contribution >= 0.6 is 0 Å². The molecule has 0 radical (unpaired) electrons. The zero-order valence-corrected chi connectivity index (χ0v) is 37.2. The molecule has 6 aromatic rings. The summed E-state index contributed by atoms with van der Waals surface area (Å²) in [5.74, 6) is -2.48. The second-order valence-electron chi connectivity index (χ2n) is 17.0. The highest BCUT2D eigenvalue weighted by molar-refractivity contribution is 5.91. The van der Waals surface area contributed by atoms with Gasteiger partial charge in [-0.3, -0.25) is 9.59 Å². The summed E-state index contributed by atoms with van der Waals surface area (Å²) in [5.41, 5.74) is 3.02. The number of esters is 4. The number of pyridine rings is 2. The molecule has 4 aromatic carbocycles. The lowest BCUT2D eigenvalue weighted by Crippen LogP contribution is -2.48. The van der Waals surface area contributed by atoms with Crippen LogP contribution in [0.2, 0.25) is 0 Å². The van der Waals surface area contributed by atoms with E-state index in [1.807, 2.05) is 30.3 Å². The fraction of sp³-hybridized carbons (Fsp3) is 0.294. The van der Waals surface area contributed by atoms with Gasteiger partial charge in [-0.2, -0.15) is 0 Å². The first-order chi connectivity index (χ1) is 33.0. The summed E-state index contributed by atoms with van der Waals surface area (Å²) < 4.78 is 59.1. The normalized spacial score (nSPS) is 21.3. The van der Waals surface area contributed by atoms with E-state index in [2.05, 4.69) is 0 Å². The quantitative estimate of drug-likeness (QED) is 0.104. The third-order valence-corrected chi connectivity index (χ3v) is 13.5. The summed E-state index contributed by atoms with van der Waals surface area (Å²) in [6, 6.07) is 24.4. The van der Waals surface area contributed by atoms with Crippen molar-refractivity contribution >= 4 is 34.8 Å². The minimum absolute atomic E-state index is 0.00694. The zero-order valence-electron chi connectivity index (χ0n) is 37.2. The van der Waals surface area contributed by atoms with Crippen LogP contribution in [-0.2, 0) is 52.1 Å². The second kappa shape index (κ2) is 16.4. The van der Waals surface area contributed by atoms with Crippen LogP contribution in [0.15, 0.2) is 89.7 Å². The molecule has 0 N–H and O–H groups in total. The molecular formula is C51H42N2O15. The van der Waals surface area contributed by atoms with E-state index in [0.29, 0.717) is 63.4 Å². The van der Waals surface area contributed by atoms with Gasteiger partial charge >= 0.3 is 23.9 Å². The van der Waals surface area contributed by atoms with Gasteiger partial charge in [0.15, 0.2) is 29.6 Å². The number of fused-ring (bicyclic) bond motifs is 8. The first kappa shape index (κ1) is 42.5. The molecule has 4 aliphatic heterocycles. The van der Waals surface area contributed by atoms with E-state index in [9.17, 15) is 24.0 Å². The summed E-state index contributed by atoms with van der Waals surface area (Å²) in [6.07, 6.45) is -0.956. The number of cyclic esters (lactones) is 2. The van der Waals surface area contributed by atoms with Crippen molar-refractivity contribution in [1.82, 2.24) is 9.55 Å². The van der Waals surface area contributed by atoms with E-state index < -0.39 is 59.9 Å². The van der Waals surface area contributed by atoms with Gasteiger partial charge in [-0.05, 0) is 84.3 Å². The number of rotatable bonds is 11. The minimum Gasteiger partial charge on any atom is -0.493 e. The number of para-hydroxylation sites is 1. The number of aromatic nitrogens is 2. The number of ether oxygens (including phenoxy) is 10. The molecular weight excluding hydrogens is 881 g/mol. The van der Waals surface area contributed by atoms with E-state index in [0.717, 1.165) is 16.5 Å². The molecule has 11 rings (SSSR count). The Morgan fingerprint density at radius 1 is 0.838 bits per heavy atom. The fourth-order valence-electron chi connectivity index (χ4n) is 10.3.